The van der Waals surface area contributed by atoms with Crippen molar-refractivity contribution in [3.8, 4) is 11.8 Å². The topological polar surface area (TPSA) is 79.3 Å². The molecule has 0 amide bonds. The third-order valence-corrected chi connectivity index (χ3v) is 8.27. The van der Waals surface area contributed by atoms with E-state index >= 15 is 0 Å². The molecule has 0 saturated heterocycles. The molecule has 1 unspecified atom stereocenters. The number of rotatable bonds is 6. The number of para-hydroxylation sites is 1. The summed E-state index contributed by atoms with van der Waals surface area (Å²) in [6.07, 6.45) is 2.80. The first-order valence-electron chi connectivity index (χ1n) is 13.4. The van der Waals surface area contributed by atoms with Crippen LogP contribution in [0.5, 0.6) is 5.75 Å². The molecule has 0 radical (unpaired) electrons. The van der Waals surface area contributed by atoms with E-state index < -0.39 is 5.92 Å². The Hall–Kier alpha value is -3.82. The van der Waals surface area contributed by atoms with Gasteiger partial charge in [-0.2, -0.15) is 5.26 Å². The maximum absolute atomic E-state index is 13.6. The van der Waals surface area contributed by atoms with Crippen LogP contribution in [0.1, 0.15) is 59.9 Å². The van der Waals surface area contributed by atoms with Gasteiger partial charge in [0.2, 0.25) is 0 Å². The van der Waals surface area contributed by atoms with Gasteiger partial charge in [0, 0.05) is 22.2 Å². The Kier molecular flexibility index (Phi) is 7.63. The summed E-state index contributed by atoms with van der Waals surface area (Å²) in [5.41, 5.74) is 15.0. The summed E-state index contributed by atoms with van der Waals surface area (Å²) in [6.45, 7) is 6.57. The van der Waals surface area contributed by atoms with Gasteiger partial charge in [-0.15, -0.1) is 0 Å². The number of carbonyl (C=O) groups is 1. The van der Waals surface area contributed by atoms with Crippen molar-refractivity contribution >= 4 is 27.4 Å². The number of benzene rings is 3. The Morgan fingerprint density at radius 3 is 2.54 bits per heavy atom. The minimum absolute atomic E-state index is 0.0917. The summed E-state index contributed by atoms with van der Waals surface area (Å²) < 4.78 is 7.11. The maximum Gasteiger partial charge on any atom is 0.161 e. The summed E-state index contributed by atoms with van der Waals surface area (Å²) in [5.74, 6) is 0.770. The van der Waals surface area contributed by atoms with Crippen LogP contribution in [-0.4, -0.2) is 5.78 Å². The summed E-state index contributed by atoms with van der Waals surface area (Å²) in [6, 6.07) is 22.5. The maximum atomic E-state index is 13.6. The van der Waals surface area contributed by atoms with Gasteiger partial charge >= 0.3 is 0 Å². The van der Waals surface area contributed by atoms with E-state index in [1.165, 1.54) is 0 Å². The van der Waals surface area contributed by atoms with E-state index in [-0.39, 0.29) is 5.78 Å². The van der Waals surface area contributed by atoms with Crippen LogP contribution in [0.2, 0.25) is 0 Å². The molecule has 1 aliphatic carbocycles. The molecule has 1 heterocycles. The van der Waals surface area contributed by atoms with Gasteiger partial charge in [0.1, 0.15) is 18.2 Å². The van der Waals surface area contributed by atoms with Gasteiger partial charge < -0.3 is 10.5 Å². The van der Waals surface area contributed by atoms with Crippen LogP contribution >= 0.6 is 15.9 Å². The fourth-order valence-corrected chi connectivity index (χ4v) is 6.07. The number of carbonyl (C=O) groups excluding carboxylic acids is 1. The number of nitriles is 1. The molecule has 0 saturated carbocycles. The van der Waals surface area contributed by atoms with Gasteiger partial charge in [-0.3, -0.25) is 9.69 Å². The van der Waals surface area contributed by atoms with Crippen LogP contribution in [0.3, 0.4) is 0 Å². The van der Waals surface area contributed by atoms with Crippen molar-refractivity contribution in [2.75, 3.05) is 4.90 Å². The Labute approximate surface area is 238 Å². The van der Waals surface area contributed by atoms with Gasteiger partial charge in [0.05, 0.1) is 23.2 Å². The van der Waals surface area contributed by atoms with E-state index in [1.807, 2.05) is 61.2 Å². The smallest absolute Gasteiger partial charge is 0.161 e. The van der Waals surface area contributed by atoms with E-state index in [0.717, 1.165) is 68.7 Å². The number of allylic oxidation sites excluding steroid dienone is 3. The number of nitrogens with two attached hydrogens (primary N) is 1. The number of ketones is 1. The normalized spacial score (nSPS) is 17.3. The Bertz CT molecular complexity index is 1550. The van der Waals surface area contributed by atoms with Crippen molar-refractivity contribution in [3.63, 3.8) is 0 Å². The molecule has 0 bridgehead atoms. The van der Waals surface area contributed by atoms with Crippen molar-refractivity contribution in [1.29, 1.82) is 5.26 Å². The third kappa shape index (κ3) is 4.99. The van der Waals surface area contributed by atoms with Crippen LogP contribution < -0.4 is 15.4 Å². The van der Waals surface area contributed by atoms with Crippen molar-refractivity contribution < 1.29 is 9.53 Å². The van der Waals surface area contributed by atoms with Crippen LogP contribution in [0, 0.1) is 25.2 Å². The molecule has 1 aliphatic heterocycles. The monoisotopic (exact) mass is 581 g/mol. The van der Waals surface area contributed by atoms with Crippen molar-refractivity contribution in [1.82, 2.24) is 0 Å². The zero-order valence-electron chi connectivity index (χ0n) is 22.6. The van der Waals surface area contributed by atoms with Gasteiger partial charge in [0.25, 0.3) is 0 Å². The van der Waals surface area contributed by atoms with Gasteiger partial charge in [0.15, 0.2) is 5.78 Å². The fourth-order valence-electron chi connectivity index (χ4n) is 5.81. The number of halogens is 1. The zero-order chi connectivity index (χ0) is 27.7. The van der Waals surface area contributed by atoms with Crippen LogP contribution in [-0.2, 0) is 17.8 Å². The third-order valence-electron chi connectivity index (χ3n) is 7.75. The zero-order valence-corrected chi connectivity index (χ0v) is 24.1. The molecule has 3 aromatic carbocycles. The second kappa shape index (κ2) is 11.1. The molecule has 39 heavy (non-hydrogen) atoms. The largest absolute Gasteiger partial charge is 0.489 e. The van der Waals surface area contributed by atoms with E-state index in [9.17, 15) is 10.1 Å². The van der Waals surface area contributed by atoms with Crippen molar-refractivity contribution in [2.45, 2.75) is 59.0 Å². The number of anilines is 1. The minimum Gasteiger partial charge on any atom is -0.489 e. The van der Waals surface area contributed by atoms with Gasteiger partial charge in [-0.1, -0.05) is 58.7 Å². The number of hydrogen-bond acceptors (Lipinski definition) is 5. The molecule has 2 N–H and O–H groups in total. The van der Waals surface area contributed by atoms with E-state index in [1.54, 1.807) is 0 Å². The molecule has 0 spiro atoms. The second-order valence-electron chi connectivity index (χ2n) is 10.2. The Balaban J connectivity index is 1.64. The SMILES string of the molecule is CCc1ccccc1N1C(N)=C(C#N)C(c2cc(C)cc(COc3ccc(Br)cc3)c2C)C2=C1CCCC2=O. The lowest BCUT2D eigenvalue weighted by atomic mass is 9.73. The second-order valence-corrected chi connectivity index (χ2v) is 11.1. The average molecular weight is 583 g/mol. The molecule has 3 aromatic rings. The summed E-state index contributed by atoms with van der Waals surface area (Å²) >= 11 is 3.46. The van der Waals surface area contributed by atoms with Gasteiger partial charge in [-0.05, 0) is 85.7 Å². The minimum atomic E-state index is -0.505. The average Bonchev–Trinajstić information content (AvgIpc) is 2.94. The highest BCUT2D eigenvalue weighted by Gasteiger charge is 2.41. The Morgan fingerprint density at radius 1 is 1.08 bits per heavy atom. The highest BCUT2D eigenvalue weighted by Crippen LogP contribution is 2.48. The van der Waals surface area contributed by atoms with Crippen LogP contribution in [0.25, 0.3) is 0 Å². The number of ether oxygens (including phenoxy) is 1. The lowest BCUT2D eigenvalue weighted by Crippen LogP contribution is -2.39. The van der Waals surface area contributed by atoms with E-state index in [4.69, 9.17) is 10.5 Å². The highest BCUT2D eigenvalue weighted by molar-refractivity contribution is 9.10. The van der Waals surface area contributed by atoms with E-state index in [0.29, 0.717) is 30.0 Å². The standard InChI is InChI=1S/C33H32BrN3O2/c1-4-22-8-5-6-9-28(22)37-29-10-7-11-30(38)32(29)31(27(18-35)33(37)36)26-17-20(2)16-23(21(26)3)19-39-25-14-12-24(34)13-15-25/h5-6,8-9,12-17,31H,4,7,10-11,19,36H2,1-3H3. The van der Waals surface area contributed by atoms with Gasteiger partial charge in [-0.25, -0.2) is 0 Å². The number of nitrogens with zero attached hydrogens (tertiary/aromatic N) is 2. The first-order chi connectivity index (χ1) is 18.8. The molecule has 1 atom stereocenters. The Morgan fingerprint density at radius 2 is 1.82 bits per heavy atom. The predicted molar refractivity (Wildman–Crippen MR) is 158 cm³/mol. The molecule has 5 rings (SSSR count). The number of hydrogen-bond donors (Lipinski definition) is 1. The molecule has 2 aliphatic rings. The van der Waals surface area contributed by atoms with Crippen molar-refractivity contribution in [2.24, 2.45) is 5.73 Å². The fraction of sp³-hybridized carbons (Fsp3) is 0.273. The molecular weight excluding hydrogens is 550 g/mol. The molecule has 0 aromatic heterocycles. The molecular formula is C33H32BrN3O2. The molecule has 6 heteroatoms. The number of aryl methyl sites for hydroxylation is 2. The first kappa shape index (κ1) is 26.8. The highest BCUT2D eigenvalue weighted by atomic mass is 79.9. The lowest BCUT2D eigenvalue weighted by Gasteiger charge is -2.40. The molecule has 198 valence electrons. The summed E-state index contributed by atoms with van der Waals surface area (Å²) in [4.78, 5) is 15.6. The predicted octanol–water partition coefficient (Wildman–Crippen LogP) is 7.51. The summed E-state index contributed by atoms with van der Waals surface area (Å²) in [7, 11) is 0. The number of Topliss-reactive ketones (excluding diaryl/α,β-unsaturated/α-hetero) is 1. The van der Waals surface area contributed by atoms with Crippen molar-refractivity contribution in [3.05, 3.63) is 116 Å². The van der Waals surface area contributed by atoms with Crippen LogP contribution in [0.4, 0.5) is 5.69 Å². The molecule has 5 nitrogen and oxygen atoms in total. The van der Waals surface area contributed by atoms with Crippen LogP contribution in [0.15, 0.2) is 87.8 Å². The molecule has 0 fully saturated rings. The van der Waals surface area contributed by atoms with E-state index in [2.05, 4.69) is 47.1 Å². The lowest BCUT2D eigenvalue weighted by molar-refractivity contribution is -0.116. The quantitative estimate of drug-likeness (QED) is 0.325. The summed E-state index contributed by atoms with van der Waals surface area (Å²) in [5, 5.41) is 10.5. The first-order valence-corrected chi connectivity index (χ1v) is 14.2.